The highest BCUT2D eigenvalue weighted by molar-refractivity contribution is 5.77. The normalized spacial score (nSPS) is 19.3. The van der Waals surface area contributed by atoms with Crippen molar-refractivity contribution in [1.82, 2.24) is 5.32 Å². The minimum Gasteiger partial charge on any atom is -0.493 e. The number of rotatable bonds is 4. The zero-order valence-corrected chi connectivity index (χ0v) is 14.0. The third-order valence-electron chi connectivity index (χ3n) is 4.37. The number of hydrogen-bond acceptors (Lipinski definition) is 5. The van der Waals surface area contributed by atoms with E-state index in [1.807, 2.05) is 42.5 Å². The van der Waals surface area contributed by atoms with Crippen LogP contribution in [-0.4, -0.2) is 33.3 Å². The molecule has 0 amide bonds. The van der Waals surface area contributed by atoms with Gasteiger partial charge >= 0.3 is 5.97 Å². The molecular formula is C19H21NO4. The smallest absolute Gasteiger partial charge is 0.323 e. The van der Waals surface area contributed by atoms with Gasteiger partial charge in [-0.1, -0.05) is 30.3 Å². The van der Waals surface area contributed by atoms with Gasteiger partial charge < -0.3 is 14.2 Å². The molecule has 2 aromatic carbocycles. The number of benzene rings is 2. The number of carbonyl (C=O) groups is 1. The van der Waals surface area contributed by atoms with E-state index in [1.54, 1.807) is 14.2 Å². The molecule has 0 aromatic heterocycles. The second-order valence-corrected chi connectivity index (χ2v) is 5.70. The van der Waals surface area contributed by atoms with Gasteiger partial charge in [-0.05, 0) is 35.2 Å². The molecule has 2 aromatic rings. The minimum absolute atomic E-state index is 0.112. The first-order chi connectivity index (χ1) is 11.7. The van der Waals surface area contributed by atoms with Crippen LogP contribution in [0.1, 0.15) is 22.7 Å². The molecule has 0 spiro atoms. The Bertz CT molecular complexity index is 730. The fourth-order valence-corrected chi connectivity index (χ4v) is 3.17. The molecule has 1 heterocycles. The van der Waals surface area contributed by atoms with Crippen LogP contribution in [0.2, 0.25) is 0 Å². The van der Waals surface area contributed by atoms with Crippen LogP contribution in [-0.2, 0) is 16.0 Å². The van der Waals surface area contributed by atoms with Gasteiger partial charge in [0.2, 0.25) is 0 Å². The van der Waals surface area contributed by atoms with Crippen LogP contribution in [0.15, 0.2) is 42.5 Å². The van der Waals surface area contributed by atoms with Gasteiger partial charge in [0.1, 0.15) is 6.04 Å². The monoisotopic (exact) mass is 327 g/mol. The Morgan fingerprint density at radius 1 is 1.04 bits per heavy atom. The molecule has 2 atom stereocenters. The maximum atomic E-state index is 12.1. The number of methoxy groups -OCH3 is 3. The average Bonchev–Trinajstić information content (AvgIpc) is 2.65. The molecule has 0 unspecified atom stereocenters. The molecule has 0 saturated heterocycles. The molecule has 0 radical (unpaired) electrons. The highest BCUT2D eigenvalue weighted by Gasteiger charge is 2.33. The highest BCUT2D eigenvalue weighted by Crippen LogP contribution is 2.38. The van der Waals surface area contributed by atoms with Crippen LogP contribution in [0.3, 0.4) is 0 Å². The average molecular weight is 327 g/mol. The van der Waals surface area contributed by atoms with Crippen molar-refractivity contribution in [3.05, 3.63) is 59.2 Å². The predicted octanol–water partition coefficient (Wildman–Crippen LogP) is 2.48. The van der Waals surface area contributed by atoms with Gasteiger partial charge in [0.25, 0.3) is 0 Å². The molecule has 0 saturated carbocycles. The van der Waals surface area contributed by atoms with Gasteiger partial charge in [0.15, 0.2) is 11.5 Å². The summed E-state index contributed by atoms with van der Waals surface area (Å²) >= 11 is 0. The molecule has 0 aliphatic carbocycles. The van der Waals surface area contributed by atoms with Crippen LogP contribution in [0.25, 0.3) is 0 Å². The fraction of sp³-hybridized carbons (Fsp3) is 0.316. The van der Waals surface area contributed by atoms with E-state index >= 15 is 0 Å². The summed E-state index contributed by atoms with van der Waals surface area (Å²) in [6, 6.07) is 13.4. The molecule has 5 heteroatoms. The number of nitrogens with one attached hydrogen (secondary N) is 1. The third kappa shape index (κ3) is 2.95. The molecule has 1 aliphatic rings. The Hall–Kier alpha value is -2.53. The predicted molar refractivity (Wildman–Crippen MR) is 90.5 cm³/mol. The lowest BCUT2D eigenvalue weighted by atomic mass is 9.86. The van der Waals surface area contributed by atoms with E-state index < -0.39 is 6.04 Å². The number of carbonyl (C=O) groups excluding carboxylic acids is 1. The molecule has 5 nitrogen and oxygen atoms in total. The van der Waals surface area contributed by atoms with Crippen molar-refractivity contribution in [3.8, 4) is 11.5 Å². The molecule has 0 fully saturated rings. The van der Waals surface area contributed by atoms with Crippen molar-refractivity contribution in [3.63, 3.8) is 0 Å². The summed E-state index contributed by atoms with van der Waals surface area (Å²) in [7, 11) is 4.64. The summed E-state index contributed by atoms with van der Waals surface area (Å²) in [6.07, 6.45) is 0.547. The second-order valence-electron chi connectivity index (χ2n) is 5.70. The first-order valence-corrected chi connectivity index (χ1v) is 7.81. The Balaban J connectivity index is 2.11. The van der Waals surface area contributed by atoms with Crippen LogP contribution < -0.4 is 14.8 Å². The van der Waals surface area contributed by atoms with Gasteiger partial charge in [0, 0.05) is 0 Å². The summed E-state index contributed by atoms with van der Waals surface area (Å²) < 4.78 is 15.8. The van der Waals surface area contributed by atoms with Crippen LogP contribution in [0.4, 0.5) is 0 Å². The minimum atomic E-state index is -0.397. The molecule has 3 rings (SSSR count). The lowest BCUT2D eigenvalue weighted by Crippen LogP contribution is -2.45. The van der Waals surface area contributed by atoms with Crippen molar-refractivity contribution in [1.29, 1.82) is 0 Å². The van der Waals surface area contributed by atoms with Crippen molar-refractivity contribution < 1.29 is 19.0 Å². The topological polar surface area (TPSA) is 56.8 Å². The molecule has 0 bridgehead atoms. The van der Waals surface area contributed by atoms with Crippen molar-refractivity contribution in [2.75, 3.05) is 21.3 Å². The lowest BCUT2D eigenvalue weighted by Gasteiger charge is -2.33. The molecule has 1 aliphatic heterocycles. The van der Waals surface area contributed by atoms with Crippen LogP contribution in [0, 0.1) is 0 Å². The Morgan fingerprint density at radius 3 is 2.33 bits per heavy atom. The van der Waals surface area contributed by atoms with Gasteiger partial charge in [-0.15, -0.1) is 0 Å². The van der Waals surface area contributed by atoms with E-state index in [0.29, 0.717) is 17.9 Å². The number of esters is 1. The Kier molecular flexibility index (Phi) is 4.71. The summed E-state index contributed by atoms with van der Waals surface area (Å²) in [6.45, 7) is 0. The number of ether oxygens (including phenoxy) is 3. The van der Waals surface area contributed by atoms with E-state index in [-0.39, 0.29) is 12.0 Å². The summed E-state index contributed by atoms with van der Waals surface area (Å²) in [5, 5.41) is 3.39. The van der Waals surface area contributed by atoms with E-state index in [0.717, 1.165) is 16.7 Å². The van der Waals surface area contributed by atoms with E-state index in [4.69, 9.17) is 14.2 Å². The summed E-state index contributed by atoms with van der Waals surface area (Å²) in [5.74, 6) is 1.07. The standard InChI is InChI=1S/C19H21NO4/c1-22-16-10-13-9-15(19(21)24-3)20-18(12-7-5-4-6-8-12)14(13)11-17(16)23-2/h4-8,10-11,15,18,20H,9H2,1-3H3/t15-,18-/m0/s1. The molecule has 1 N–H and O–H groups in total. The SMILES string of the molecule is COC(=O)[C@@H]1Cc2cc(OC)c(OC)cc2[C@H](c2ccccc2)N1. The summed E-state index contributed by atoms with van der Waals surface area (Å²) in [4.78, 5) is 12.1. The van der Waals surface area contributed by atoms with E-state index in [2.05, 4.69) is 5.32 Å². The quantitative estimate of drug-likeness (QED) is 0.875. The van der Waals surface area contributed by atoms with Crippen LogP contribution >= 0.6 is 0 Å². The Morgan fingerprint density at radius 2 is 1.71 bits per heavy atom. The fourth-order valence-electron chi connectivity index (χ4n) is 3.17. The van der Waals surface area contributed by atoms with Crippen molar-refractivity contribution in [2.45, 2.75) is 18.5 Å². The first-order valence-electron chi connectivity index (χ1n) is 7.81. The largest absolute Gasteiger partial charge is 0.493 e. The van der Waals surface area contributed by atoms with Crippen molar-refractivity contribution in [2.24, 2.45) is 0 Å². The van der Waals surface area contributed by atoms with Gasteiger partial charge in [-0.25, -0.2) is 0 Å². The zero-order valence-electron chi connectivity index (χ0n) is 14.0. The highest BCUT2D eigenvalue weighted by atomic mass is 16.5. The lowest BCUT2D eigenvalue weighted by molar-refractivity contribution is -0.143. The maximum absolute atomic E-state index is 12.1. The zero-order chi connectivity index (χ0) is 17.1. The van der Waals surface area contributed by atoms with E-state index in [1.165, 1.54) is 7.11 Å². The molecule has 126 valence electrons. The molecule has 24 heavy (non-hydrogen) atoms. The number of hydrogen-bond donors (Lipinski definition) is 1. The molecular weight excluding hydrogens is 306 g/mol. The number of fused-ring (bicyclic) bond motifs is 1. The second kappa shape index (κ2) is 6.93. The van der Waals surface area contributed by atoms with Gasteiger partial charge in [0.05, 0.1) is 27.4 Å². The van der Waals surface area contributed by atoms with Gasteiger partial charge in [-0.3, -0.25) is 10.1 Å². The van der Waals surface area contributed by atoms with Crippen LogP contribution in [0.5, 0.6) is 11.5 Å². The first kappa shape index (κ1) is 16.3. The van der Waals surface area contributed by atoms with E-state index in [9.17, 15) is 4.79 Å². The summed E-state index contributed by atoms with van der Waals surface area (Å²) in [5.41, 5.74) is 3.22. The third-order valence-corrected chi connectivity index (χ3v) is 4.37. The van der Waals surface area contributed by atoms with Crippen molar-refractivity contribution >= 4 is 5.97 Å². The maximum Gasteiger partial charge on any atom is 0.323 e. The van der Waals surface area contributed by atoms with Gasteiger partial charge in [-0.2, -0.15) is 0 Å². The Labute approximate surface area is 141 Å².